The third-order valence-electron chi connectivity index (χ3n) is 2.21. The number of hydrogen-bond donors (Lipinski definition) is 1. The monoisotopic (exact) mass is 280 g/mol. The van der Waals surface area contributed by atoms with Crippen LogP contribution in [0.25, 0.3) is 0 Å². The number of pyridine rings is 1. The summed E-state index contributed by atoms with van der Waals surface area (Å²) in [7, 11) is 0. The third kappa shape index (κ3) is 2.39. The molecule has 1 aromatic carbocycles. The second kappa shape index (κ2) is 4.61. The molecule has 0 saturated heterocycles. The van der Waals surface area contributed by atoms with Crippen molar-refractivity contribution in [1.29, 1.82) is 0 Å². The quantitative estimate of drug-likeness (QED) is 0.898. The van der Waals surface area contributed by atoms with Crippen molar-refractivity contribution >= 4 is 27.4 Å². The molecule has 0 amide bonds. The number of nitrogens with one attached hydrogen (secondary N) is 1. The van der Waals surface area contributed by atoms with E-state index in [4.69, 9.17) is 0 Å². The number of aryl methyl sites for hydroxylation is 1. The molecule has 1 aromatic heterocycles. The molecule has 82 valence electrons. The van der Waals surface area contributed by atoms with Gasteiger partial charge in [-0.3, -0.25) is 0 Å². The van der Waals surface area contributed by atoms with Gasteiger partial charge in [0.2, 0.25) is 0 Å². The van der Waals surface area contributed by atoms with E-state index >= 15 is 0 Å². The summed E-state index contributed by atoms with van der Waals surface area (Å²) >= 11 is 3.17. The van der Waals surface area contributed by atoms with E-state index in [1.165, 1.54) is 6.07 Å². The summed E-state index contributed by atoms with van der Waals surface area (Å²) in [5.74, 6) is -0.143. The summed E-state index contributed by atoms with van der Waals surface area (Å²) in [5, 5.41) is 2.96. The highest BCUT2D eigenvalue weighted by atomic mass is 79.9. The molecule has 0 saturated carbocycles. The first kappa shape index (κ1) is 11.1. The highest BCUT2D eigenvalue weighted by Gasteiger charge is 2.05. The Morgan fingerprint density at radius 2 is 2.06 bits per heavy atom. The normalized spacial score (nSPS) is 10.2. The summed E-state index contributed by atoms with van der Waals surface area (Å²) in [6.07, 6.45) is 1.56. The minimum absolute atomic E-state index is 0.234. The molecule has 4 heteroatoms. The van der Waals surface area contributed by atoms with E-state index in [1.54, 1.807) is 6.20 Å². The fourth-order valence-electron chi connectivity index (χ4n) is 1.35. The average Bonchev–Trinajstić information content (AvgIpc) is 2.25. The lowest BCUT2D eigenvalue weighted by Gasteiger charge is -2.09. The van der Waals surface area contributed by atoms with E-state index in [-0.39, 0.29) is 11.6 Å². The van der Waals surface area contributed by atoms with Crippen molar-refractivity contribution in [3.8, 4) is 0 Å². The molecule has 0 spiro atoms. The number of nitrogens with zero attached hydrogens (tertiary/aromatic N) is 1. The Hall–Kier alpha value is -1.42. The molecule has 1 heterocycles. The summed E-state index contributed by atoms with van der Waals surface area (Å²) < 4.78 is 14.1. The highest BCUT2D eigenvalue weighted by Crippen LogP contribution is 2.22. The lowest BCUT2D eigenvalue weighted by atomic mass is 10.2. The molecule has 2 nitrogen and oxygen atoms in total. The Morgan fingerprint density at radius 3 is 2.75 bits per heavy atom. The van der Waals surface area contributed by atoms with Crippen LogP contribution < -0.4 is 5.32 Å². The first-order chi connectivity index (χ1) is 7.66. The number of hydrogen-bond acceptors (Lipinski definition) is 2. The van der Waals surface area contributed by atoms with Crippen molar-refractivity contribution in [3.05, 3.63) is 52.4 Å². The van der Waals surface area contributed by atoms with Crippen molar-refractivity contribution < 1.29 is 4.39 Å². The zero-order valence-electron chi connectivity index (χ0n) is 8.67. The molecule has 0 atom stereocenters. The van der Waals surface area contributed by atoms with Gasteiger partial charge in [0.1, 0.15) is 0 Å². The second-order valence-electron chi connectivity index (χ2n) is 3.42. The van der Waals surface area contributed by atoms with Gasteiger partial charge >= 0.3 is 0 Å². The highest BCUT2D eigenvalue weighted by molar-refractivity contribution is 9.10. The molecule has 0 fully saturated rings. The van der Waals surface area contributed by atoms with Crippen LogP contribution in [0.5, 0.6) is 0 Å². The Morgan fingerprint density at radius 1 is 1.31 bits per heavy atom. The maximum Gasteiger partial charge on any atom is 0.166 e. The Balaban J connectivity index is 2.31. The average molecular weight is 281 g/mol. The second-order valence-corrected chi connectivity index (χ2v) is 4.34. The molecule has 0 unspecified atom stereocenters. The number of halogens is 2. The first-order valence-electron chi connectivity index (χ1n) is 4.80. The van der Waals surface area contributed by atoms with Crippen molar-refractivity contribution in [1.82, 2.24) is 4.98 Å². The van der Waals surface area contributed by atoms with E-state index in [9.17, 15) is 4.39 Å². The van der Waals surface area contributed by atoms with Crippen molar-refractivity contribution in [2.75, 3.05) is 5.32 Å². The predicted octanol–water partition coefficient (Wildman–Crippen LogP) is 4.04. The first-order valence-corrected chi connectivity index (χ1v) is 5.60. The van der Waals surface area contributed by atoms with E-state index in [0.29, 0.717) is 4.47 Å². The summed E-state index contributed by atoms with van der Waals surface area (Å²) in [4.78, 5) is 3.98. The van der Waals surface area contributed by atoms with Crippen molar-refractivity contribution in [3.63, 3.8) is 0 Å². The zero-order chi connectivity index (χ0) is 11.5. The fraction of sp³-hybridized carbons (Fsp3) is 0.0833. The number of anilines is 2. The lowest BCUT2D eigenvalue weighted by molar-refractivity contribution is 0.625. The SMILES string of the molecule is Cc1ccccc1Nc1ncc(Br)cc1F. The predicted molar refractivity (Wildman–Crippen MR) is 66.4 cm³/mol. The van der Waals surface area contributed by atoms with Gasteiger partial charge < -0.3 is 5.32 Å². The van der Waals surface area contributed by atoms with E-state index in [1.807, 2.05) is 31.2 Å². The Kier molecular flexibility index (Phi) is 3.19. The minimum Gasteiger partial charge on any atom is -0.338 e. The molecular formula is C12H10BrFN2. The molecule has 0 aliphatic rings. The molecule has 0 aliphatic carbocycles. The van der Waals surface area contributed by atoms with Gasteiger partial charge in [-0.05, 0) is 40.5 Å². The van der Waals surface area contributed by atoms with Crippen LogP contribution in [-0.4, -0.2) is 4.98 Å². The van der Waals surface area contributed by atoms with Crippen LogP contribution in [0.2, 0.25) is 0 Å². The van der Waals surface area contributed by atoms with Crippen LogP contribution in [0.15, 0.2) is 41.0 Å². The van der Waals surface area contributed by atoms with Crippen molar-refractivity contribution in [2.45, 2.75) is 6.92 Å². The van der Waals surface area contributed by atoms with E-state index in [0.717, 1.165) is 11.3 Å². The minimum atomic E-state index is -0.377. The molecule has 16 heavy (non-hydrogen) atoms. The van der Waals surface area contributed by atoms with Gasteiger partial charge in [0.15, 0.2) is 11.6 Å². The summed E-state index contributed by atoms with van der Waals surface area (Å²) in [6, 6.07) is 9.06. The maximum atomic E-state index is 13.5. The summed E-state index contributed by atoms with van der Waals surface area (Å²) in [6.45, 7) is 1.96. The van der Waals surface area contributed by atoms with Gasteiger partial charge in [-0.1, -0.05) is 18.2 Å². The van der Waals surface area contributed by atoms with E-state index in [2.05, 4.69) is 26.2 Å². The van der Waals surface area contributed by atoms with Gasteiger partial charge in [-0.2, -0.15) is 0 Å². The number of rotatable bonds is 2. The van der Waals surface area contributed by atoms with Crippen LogP contribution in [0, 0.1) is 12.7 Å². The molecule has 0 bridgehead atoms. The third-order valence-corrected chi connectivity index (χ3v) is 2.64. The van der Waals surface area contributed by atoms with E-state index < -0.39 is 0 Å². The largest absolute Gasteiger partial charge is 0.338 e. The topological polar surface area (TPSA) is 24.9 Å². The molecule has 2 aromatic rings. The van der Waals surface area contributed by atoms with Gasteiger partial charge in [0.25, 0.3) is 0 Å². The Bertz CT molecular complexity index is 514. The van der Waals surface area contributed by atoms with Gasteiger partial charge in [0.05, 0.1) is 0 Å². The van der Waals surface area contributed by atoms with Gasteiger partial charge in [-0.15, -0.1) is 0 Å². The fourth-order valence-corrected chi connectivity index (χ4v) is 1.65. The maximum absolute atomic E-state index is 13.5. The van der Waals surface area contributed by atoms with Crippen LogP contribution in [0.4, 0.5) is 15.9 Å². The van der Waals surface area contributed by atoms with Crippen LogP contribution in [0.3, 0.4) is 0 Å². The Labute approximate surface area is 102 Å². The lowest BCUT2D eigenvalue weighted by Crippen LogP contribution is -1.98. The zero-order valence-corrected chi connectivity index (χ0v) is 10.3. The standard InChI is InChI=1S/C12H10BrFN2/c1-8-4-2-3-5-11(8)16-12-10(14)6-9(13)7-15-12/h2-7H,1H3,(H,15,16). The molecule has 1 N–H and O–H groups in total. The van der Waals surface area contributed by atoms with Gasteiger partial charge in [-0.25, -0.2) is 9.37 Å². The molecular weight excluding hydrogens is 271 g/mol. The smallest absolute Gasteiger partial charge is 0.166 e. The van der Waals surface area contributed by atoms with Crippen LogP contribution in [-0.2, 0) is 0 Å². The molecule has 0 aliphatic heterocycles. The number of para-hydroxylation sites is 1. The number of aromatic nitrogens is 1. The molecule has 2 rings (SSSR count). The number of benzene rings is 1. The summed E-state index contributed by atoms with van der Waals surface area (Å²) in [5.41, 5.74) is 1.91. The van der Waals surface area contributed by atoms with Crippen LogP contribution in [0.1, 0.15) is 5.56 Å². The van der Waals surface area contributed by atoms with Gasteiger partial charge in [0, 0.05) is 16.4 Å². The molecule has 0 radical (unpaired) electrons. The van der Waals surface area contributed by atoms with Crippen LogP contribution >= 0.6 is 15.9 Å². The van der Waals surface area contributed by atoms with Crippen molar-refractivity contribution in [2.24, 2.45) is 0 Å².